The van der Waals surface area contributed by atoms with Crippen LogP contribution in [0.5, 0.6) is 5.75 Å². The normalized spacial score (nSPS) is 18.3. The molecule has 2 heterocycles. The third-order valence-corrected chi connectivity index (χ3v) is 5.14. The first-order valence-corrected chi connectivity index (χ1v) is 9.60. The van der Waals surface area contributed by atoms with Crippen molar-refractivity contribution < 1.29 is 23.5 Å². The maximum Gasteiger partial charge on any atom is 0.328 e. The van der Waals surface area contributed by atoms with Gasteiger partial charge in [0.05, 0.1) is 13.7 Å². The molecule has 0 bridgehead atoms. The number of hydrogen-bond acceptors (Lipinski definition) is 4. The van der Waals surface area contributed by atoms with E-state index >= 15 is 0 Å². The number of halogens is 1. The second-order valence-corrected chi connectivity index (χ2v) is 7.04. The van der Waals surface area contributed by atoms with Crippen LogP contribution < -0.4 is 4.74 Å². The second kappa shape index (κ2) is 8.41. The molecule has 2 aromatic carbocycles. The van der Waals surface area contributed by atoms with E-state index in [2.05, 4.69) is 0 Å². The van der Waals surface area contributed by atoms with Crippen LogP contribution in [0.4, 0.5) is 4.39 Å². The molecule has 2 atom stereocenters. The second-order valence-electron chi connectivity index (χ2n) is 7.04. The summed E-state index contributed by atoms with van der Waals surface area (Å²) in [7, 11) is 1.28. The van der Waals surface area contributed by atoms with Gasteiger partial charge >= 0.3 is 5.97 Å². The van der Waals surface area contributed by atoms with Gasteiger partial charge in [-0.05, 0) is 48.5 Å². The number of carbonyl (C=O) groups is 2. The van der Waals surface area contributed by atoms with E-state index in [9.17, 15) is 14.0 Å². The van der Waals surface area contributed by atoms with E-state index < -0.39 is 23.9 Å². The lowest BCUT2D eigenvalue weighted by atomic mass is 10.1. The van der Waals surface area contributed by atoms with Gasteiger partial charge in [-0.2, -0.15) is 0 Å². The first kappa shape index (κ1) is 19.7. The Morgan fingerprint density at radius 3 is 2.37 bits per heavy atom. The number of amides is 1. The van der Waals surface area contributed by atoms with E-state index in [0.29, 0.717) is 5.56 Å². The van der Waals surface area contributed by atoms with E-state index in [-0.39, 0.29) is 24.6 Å². The van der Waals surface area contributed by atoms with Crippen LogP contribution >= 0.6 is 0 Å². The Morgan fingerprint density at radius 1 is 1.00 bits per heavy atom. The van der Waals surface area contributed by atoms with E-state index in [1.807, 2.05) is 41.2 Å². The molecule has 1 aromatic heterocycles. The van der Waals surface area contributed by atoms with Crippen molar-refractivity contribution in [3.05, 3.63) is 84.4 Å². The van der Waals surface area contributed by atoms with E-state index in [1.54, 1.807) is 24.3 Å². The third kappa shape index (κ3) is 3.91. The van der Waals surface area contributed by atoms with Crippen molar-refractivity contribution in [2.75, 3.05) is 13.7 Å². The van der Waals surface area contributed by atoms with Crippen LogP contribution in [-0.4, -0.2) is 47.1 Å². The Morgan fingerprint density at radius 2 is 1.70 bits per heavy atom. The highest BCUT2D eigenvalue weighted by Gasteiger charge is 2.42. The number of hydrogen-bond donors (Lipinski definition) is 0. The fourth-order valence-electron chi connectivity index (χ4n) is 3.64. The molecule has 0 spiro atoms. The summed E-state index contributed by atoms with van der Waals surface area (Å²) in [5.41, 5.74) is 1.37. The Kier molecular flexibility index (Phi) is 5.52. The van der Waals surface area contributed by atoms with Gasteiger partial charge in [-0.25, -0.2) is 9.18 Å². The van der Waals surface area contributed by atoms with Crippen LogP contribution in [0.3, 0.4) is 0 Å². The molecular formula is C23H21FN2O4. The number of nitrogens with zero attached hydrogens (tertiary/aromatic N) is 2. The van der Waals surface area contributed by atoms with Crippen LogP contribution in [0, 0.1) is 5.82 Å². The largest absolute Gasteiger partial charge is 0.485 e. The molecule has 4 rings (SSSR count). The number of likely N-dealkylation sites (tertiary alicyclic amines) is 1. The lowest BCUT2D eigenvalue weighted by molar-refractivity contribution is -0.145. The van der Waals surface area contributed by atoms with Crippen LogP contribution in [0.25, 0.3) is 5.69 Å². The summed E-state index contributed by atoms with van der Waals surface area (Å²) >= 11 is 0. The standard InChI is InChI=1S/C23H21FN2O4/c1-29-23(28)20-14-18(30-21-7-3-2-6-19(21)24)15-26(20)22(27)16-8-10-17(11-9-16)25-12-4-5-13-25/h2-13,18,20H,14-15H2,1H3. The molecule has 1 saturated heterocycles. The number of para-hydroxylation sites is 1. The Balaban J connectivity index is 1.53. The third-order valence-electron chi connectivity index (χ3n) is 5.14. The number of carbonyl (C=O) groups excluding carboxylic acids is 2. The molecule has 1 aliphatic heterocycles. The number of ether oxygens (including phenoxy) is 2. The molecule has 154 valence electrons. The molecule has 0 radical (unpaired) electrons. The minimum absolute atomic E-state index is 0.0940. The van der Waals surface area contributed by atoms with Crippen molar-refractivity contribution in [3.63, 3.8) is 0 Å². The lowest BCUT2D eigenvalue weighted by Crippen LogP contribution is -2.41. The van der Waals surface area contributed by atoms with Gasteiger partial charge in [-0.1, -0.05) is 12.1 Å². The summed E-state index contributed by atoms with van der Waals surface area (Å²) in [4.78, 5) is 26.8. The number of rotatable bonds is 5. The molecule has 1 amide bonds. The van der Waals surface area contributed by atoms with Crippen LogP contribution in [0.2, 0.25) is 0 Å². The summed E-state index contributed by atoms with van der Waals surface area (Å²) in [6.45, 7) is 0.159. The summed E-state index contributed by atoms with van der Waals surface area (Å²) < 4.78 is 26.5. The van der Waals surface area contributed by atoms with Crippen molar-refractivity contribution in [2.45, 2.75) is 18.6 Å². The summed E-state index contributed by atoms with van der Waals surface area (Å²) in [5, 5.41) is 0. The molecule has 3 aromatic rings. The maximum absolute atomic E-state index is 13.9. The van der Waals surface area contributed by atoms with Gasteiger partial charge < -0.3 is 18.9 Å². The summed E-state index contributed by atoms with van der Waals surface area (Å²) in [6.07, 6.45) is 3.53. The lowest BCUT2D eigenvalue weighted by Gasteiger charge is -2.22. The highest BCUT2D eigenvalue weighted by atomic mass is 19.1. The minimum atomic E-state index is -0.789. The Labute approximate surface area is 173 Å². The number of aromatic nitrogens is 1. The minimum Gasteiger partial charge on any atom is -0.485 e. The monoisotopic (exact) mass is 408 g/mol. The predicted molar refractivity (Wildman–Crippen MR) is 108 cm³/mol. The van der Waals surface area contributed by atoms with Crippen molar-refractivity contribution >= 4 is 11.9 Å². The zero-order valence-electron chi connectivity index (χ0n) is 16.4. The zero-order valence-corrected chi connectivity index (χ0v) is 16.4. The van der Waals surface area contributed by atoms with Crippen molar-refractivity contribution in [2.24, 2.45) is 0 Å². The molecule has 1 fully saturated rings. The fourth-order valence-corrected chi connectivity index (χ4v) is 3.64. The average Bonchev–Trinajstić information content (AvgIpc) is 3.45. The molecule has 6 nitrogen and oxygen atoms in total. The van der Waals surface area contributed by atoms with Gasteiger partial charge in [0.25, 0.3) is 5.91 Å². The smallest absolute Gasteiger partial charge is 0.328 e. The van der Waals surface area contributed by atoms with Crippen LogP contribution in [-0.2, 0) is 9.53 Å². The topological polar surface area (TPSA) is 60.8 Å². The molecule has 2 unspecified atom stereocenters. The maximum atomic E-state index is 13.9. The average molecular weight is 408 g/mol. The van der Waals surface area contributed by atoms with Crippen LogP contribution in [0.1, 0.15) is 16.8 Å². The molecule has 1 aliphatic rings. The predicted octanol–water partition coefficient (Wildman–Crippen LogP) is 3.45. The number of esters is 1. The molecular weight excluding hydrogens is 387 g/mol. The summed E-state index contributed by atoms with van der Waals surface area (Å²) in [5.74, 6) is -1.22. The fraction of sp³-hybridized carbons (Fsp3) is 0.217. The van der Waals surface area contributed by atoms with Gasteiger partial charge in [0.15, 0.2) is 11.6 Å². The highest BCUT2D eigenvalue weighted by Crippen LogP contribution is 2.27. The van der Waals surface area contributed by atoms with Gasteiger partial charge in [-0.15, -0.1) is 0 Å². The first-order valence-electron chi connectivity index (χ1n) is 9.60. The van der Waals surface area contributed by atoms with E-state index in [1.165, 1.54) is 24.1 Å². The molecule has 0 aliphatic carbocycles. The van der Waals surface area contributed by atoms with Gasteiger partial charge in [0.1, 0.15) is 12.1 Å². The number of methoxy groups -OCH3 is 1. The molecule has 7 heteroatoms. The Hall–Kier alpha value is -3.61. The van der Waals surface area contributed by atoms with Gasteiger partial charge in [-0.3, -0.25) is 4.79 Å². The van der Waals surface area contributed by atoms with Crippen molar-refractivity contribution in [1.29, 1.82) is 0 Å². The van der Waals surface area contributed by atoms with Crippen molar-refractivity contribution in [1.82, 2.24) is 9.47 Å². The first-order chi connectivity index (χ1) is 14.6. The quantitative estimate of drug-likeness (QED) is 0.607. The van der Waals surface area contributed by atoms with Gasteiger partial charge in [0, 0.05) is 30.1 Å². The van der Waals surface area contributed by atoms with Gasteiger partial charge in [0.2, 0.25) is 0 Å². The van der Waals surface area contributed by atoms with Crippen molar-refractivity contribution in [3.8, 4) is 11.4 Å². The SMILES string of the molecule is COC(=O)C1CC(Oc2ccccc2F)CN1C(=O)c1ccc(-n2cccc2)cc1. The zero-order chi connectivity index (χ0) is 21.1. The van der Waals surface area contributed by atoms with Crippen LogP contribution in [0.15, 0.2) is 73.1 Å². The number of benzene rings is 2. The van der Waals surface area contributed by atoms with E-state index in [0.717, 1.165) is 5.69 Å². The highest BCUT2D eigenvalue weighted by molar-refractivity contribution is 5.97. The molecule has 0 N–H and O–H groups in total. The Bertz CT molecular complexity index is 1030. The summed E-state index contributed by atoms with van der Waals surface area (Å²) in [6, 6.07) is 16.2. The molecule has 0 saturated carbocycles. The van der Waals surface area contributed by atoms with E-state index in [4.69, 9.17) is 9.47 Å². The molecule has 30 heavy (non-hydrogen) atoms.